The van der Waals surface area contributed by atoms with E-state index in [1.54, 1.807) is 0 Å². The van der Waals surface area contributed by atoms with Gasteiger partial charge in [0.25, 0.3) is 5.28 Å². The molecule has 0 unspecified atom stereocenters. The molecule has 0 aliphatic carbocycles. The predicted molar refractivity (Wildman–Crippen MR) is 51.8 cm³/mol. The van der Waals surface area contributed by atoms with Crippen LogP contribution in [-0.4, -0.2) is 47.6 Å². The van der Waals surface area contributed by atoms with Crippen LogP contribution >= 0.6 is 11.6 Å². The minimum absolute atomic E-state index is 0.378. The Morgan fingerprint density at radius 2 is 1.42 bits per heavy atom. The molecule has 0 fully saturated rings. The van der Waals surface area contributed by atoms with Crippen LogP contribution in [-0.2, 0) is 0 Å². The van der Waals surface area contributed by atoms with Crippen LogP contribution < -0.4 is 4.74 Å². The maximum Gasteiger partial charge on any atom is 0.734 e. The molecular weight excluding hydrogens is 294 g/mol. The van der Waals surface area contributed by atoms with Crippen molar-refractivity contribution in [3.63, 3.8) is 0 Å². The molecule has 0 aliphatic heterocycles. The lowest BCUT2D eigenvalue weighted by molar-refractivity contribution is -0.969. The van der Waals surface area contributed by atoms with Crippen molar-refractivity contribution in [1.82, 2.24) is 20.4 Å². The molecule has 1 aromatic rings. The molecule has 1 aromatic heterocycles. The van der Waals surface area contributed by atoms with Gasteiger partial charge < -0.3 is 4.74 Å². The third-order valence-electron chi connectivity index (χ3n) is 1.71. The third-order valence-corrected chi connectivity index (χ3v) is 1.86. The second-order valence-electron chi connectivity index (χ2n) is 2.79. The SMILES string of the molecule is O=[N+]([O-])C(COc1nnc(Cl)nn1)([N+](=O)[O-])[N+](=O)[O-]. The lowest BCUT2D eigenvalue weighted by atomic mass is 10.4. The second kappa shape index (κ2) is 5.25. The van der Waals surface area contributed by atoms with Gasteiger partial charge in [-0.3, -0.25) is 30.3 Å². The third kappa shape index (κ3) is 2.73. The molecule has 1 rings (SSSR count). The summed E-state index contributed by atoms with van der Waals surface area (Å²) in [4.78, 5) is 26.5. The van der Waals surface area contributed by atoms with E-state index in [9.17, 15) is 30.3 Å². The van der Waals surface area contributed by atoms with Crippen molar-refractivity contribution in [1.29, 1.82) is 0 Å². The molecule has 0 saturated heterocycles. The van der Waals surface area contributed by atoms with Crippen LogP contribution in [0.3, 0.4) is 0 Å². The molecule has 0 aromatic carbocycles. The lowest BCUT2D eigenvalue weighted by Gasteiger charge is -2.08. The maximum atomic E-state index is 10.5. The van der Waals surface area contributed by atoms with E-state index >= 15 is 0 Å². The van der Waals surface area contributed by atoms with E-state index < -0.39 is 33.2 Å². The summed E-state index contributed by atoms with van der Waals surface area (Å²) >= 11 is 5.23. The normalized spacial score (nSPS) is 10.8. The van der Waals surface area contributed by atoms with Crippen molar-refractivity contribution in [3.05, 3.63) is 35.6 Å². The first-order valence-corrected chi connectivity index (χ1v) is 4.47. The van der Waals surface area contributed by atoms with Gasteiger partial charge in [0.15, 0.2) is 14.8 Å². The van der Waals surface area contributed by atoms with E-state index in [4.69, 9.17) is 11.6 Å². The molecule has 0 N–H and O–H groups in total. The van der Waals surface area contributed by atoms with Crippen LogP contribution in [0.2, 0.25) is 5.28 Å². The first-order chi connectivity index (χ1) is 8.80. The van der Waals surface area contributed by atoms with Gasteiger partial charge >= 0.3 is 18.4 Å². The minimum atomic E-state index is -3.77. The van der Waals surface area contributed by atoms with Gasteiger partial charge in [-0.05, 0) is 11.6 Å². The van der Waals surface area contributed by atoms with Gasteiger partial charge in [0.2, 0.25) is 0 Å². The molecule has 15 heteroatoms. The smallest absolute Gasteiger partial charge is 0.436 e. The molecule has 19 heavy (non-hydrogen) atoms. The van der Waals surface area contributed by atoms with Crippen molar-refractivity contribution >= 4 is 11.6 Å². The number of nitro groups is 3. The Kier molecular flexibility index (Phi) is 3.95. The van der Waals surface area contributed by atoms with E-state index in [2.05, 4.69) is 25.1 Å². The molecule has 102 valence electrons. The Bertz CT molecular complexity index is 483. The van der Waals surface area contributed by atoms with Crippen LogP contribution in [0.4, 0.5) is 0 Å². The van der Waals surface area contributed by atoms with Gasteiger partial charge in [-0.15, -0.1) is 10.2 Å². The van der Waals surface area contributed by atoms with Gasteiger partial charge in [-0.1, -0.05) is 10.2 Å². The van der Waals surface area contributed by atoms with E-state index in [1.807, 2.05) is 0 Å². The first-order valence-electron chi connectivity index (χ1n) is 4.10. The molecule has 0 atom stereocenters. The minimum Gasteiger partial charge on any atom is -0.436 e. The van der Waals surface area contributed by atoms with Gasteiger partial charge in [-0.2, -0.15) is 0 Å². The highest BCUT2D eigenvalue weighted by Crippen LogP contribution is 2.14. The topological polar surface area (TPSA) is 190 Å². The van der Waals surface area contributed by atoms with Crippen LogP contribution in [0, 0.1) is 30.3 Å². The summed E-state index contributed by atoms with van der Waals surface area (Å²) in [6, 6.07) is -0.737. The number of halogens is 1. The molecule has 0 saturated carbocycles. The van der Waals surface area contributed by atoms with Crippen molar-refractivity contribution in [2.24, 2.45) is 0 Å². The number of hydrogen-bond donors (Lipinski definition) is 0. The van der Waals surface area contributed by atoms with Crippen LogP contribution in [0.15, 0.2) is 0 Å². The number of nitrogens with zero attached hydrogens (tertiary/aromatic N) is 7. The Morgan fingerprint density at radius 1 is 1.00 bits per heavy atom. The molecule has 0 aliphatic rings. The van der Waals surface area contributed by atoms with Gasteiger partial charge in [0, 0.05) is 0 Å². The monoisotopic (exact) mass is 295 g/mol. The summed E-state index contributed by atoms with van der Waals surface area (Å²) in [5, 5.41) is 43.7. The molecular formula is C4H2ClN7O7. The zero-order valence-corrected chi connectivity index (χ0v) is 9.33. The quantitative estimate of drug-likeness (QED) is 0.347. The van der Waals surface area contributed by atoms with Crippen LogP contribution in [0.5, 0.6) is 6.01 Å². The highest BCUT2D eigenvalue weighted by Gasteiger charge is 2.72. The number of hydrogen-bond acceptors (Lipinski definition) is 11. The molecule has 0 amide bonds. The summed E-state index contributed by atoms with van der Waals surface area (Å²) in [5.41, 5.74) is 0. The maximum absolute atomic E-state index is 10.5. The predicted octanol–water partition coefficient (Wildman–Crippen LogP) is -1.22. The second-order valence-corrected chi connectivity index (χ2v) is 3.12. The summed E-state index contributed by atoms with van der Waals surface area (Å²) in [7, 11) is 0. The van der Waals surface area contributed by atoms with E-state index in [-0.39, 0.29) is 5.28 Å². The van der Waals surface area contributed by atoms with Gasteiger partial charge in [0.05, 0.1) is 0 Å². The fourth-order valence-electron chi connectivity index (χ4n) is 0.785. The molecule has 0 radical (unpaired) electrons. The molecule has 0 bridgehead atoms. The van der Waals surface area contributed by atoms with Crippen molar-refractivity contribution in [2.75, 3.05) is 6.61 Å². The Hall–Kier alpha value is -2.77. The highest BCUT2D eigenvalue weighted by atomic mass is 35.5. The summed E-state index contributed by atoms with van der Waals surface area (Å²) in [6.07, 6.45) is 0. The number of ether oxygens (including phenoxy) is 1. The molecule has 1 heterocycles. The summed E-state index contributed by atoms with van der Waals surface area (Å²) in [6.45, 7) is -1.55. The Balaban J connectivity index is 2.96. The largest absolute Gasteiger partial charge is 0.734 e. The Labute approximate surface area is 106 Å². The fourth-order valence-corrected chi connectivity index (χ4v) is 0.861. The summed E-state index contributed by atoms with van der Waals surface area (Å²) in [5.74, 6) is -3.77. The van der Waals surface area contributed by atoms with Crippen LogP contribution in [0.1, 0.15) is 0 Å². The van der Waals surface area contributed by atoms with Crippen molar-refractivity contribution in [2.45, 2.75) is 5.79 Å². The Morgan fingerprint density at radius 3 is 1.79 bits per heavy atom. The van der Waals surface area contributed by atoms with E-state index in [0.29, 0.717) is 0 Å². The zero-order chi connectivity index (χ0) is 14.6. The highest BCUT2D eigenvalue weighted by molar-refractivity contribution is 6.28. The zero-order valence-electron chi connectivity index (χ0n) is 8.57. The van der Waals surface area contributed by atoms with Gasteiger partial charge in [-0.25, -0.2) is 0 Å². The van der Waals surface area contributed by atoms with Gasteiger partial charge in [0.1, 0.15) is 0 Å². The lowest BCUT2D eigenvalue weighted by Crippen LogP contribution is -2.57. The number of rotatable bonds is 6. The van der Waals surface area contributed by atoms with Crippen molar-refractivity contribution in [3.8, 4) is 6.01 Å². The van der Waals surface area contributed by atoms with E-state index in [1.165, 1.54) is 0 Å². The molecule has 14 nitrogen and oxygen atoms in total. The van der Waals surface area contributed by atoms with E-state index in [0.717, 1.165) is 0 Å². The average Bonchev–Trinajstić information content (AvgIpc) is 2.30. The molecule has 0 spiro atoms. The standard InChI is InChI=1S/C4H2ClN7O7/c5-2-6-8-3(9-7-2)19-1-4(10(13)14,11(15)16)12(17)18/h1H2. The summed E-state index contributed by atoms with van der Waals surface area (Å²) < 4.78 is 4.38. The first kappa shape index (κ1) is 14.3. The number of aromatic nitrogens is 4. The fraction of sp³-hybridized carbons (Fsp3) is 0.500. The van der Waals surface area contributed by atoms with Crippen molar-refractivity contribution < 1.29 is 19.5 Å². The van der Waals surface area contributed by atoms with Crippen LogP contribution in [0.25, 0.3) is 0 Å². The average molecular weight is 296 g/mol.